The quantitative estimate of drug-likeness (QED) is 0.344. The summed E-state index contributed by atoms with van der Waals surface area (Å²) in [5.74, 6) is 0.879. The molecule has 0 bridgehead atoms. The van der Waals surface area contributed by atoms with Gasteiger partial charge in [-0.2, -0.15) is 0 Å². The molecule has 0 N–H and O–H groups in total. The third kappa shape index (κ3) is 2.92. The van der Waals surface area contributed by atoms with Crippen molar-refractivity contribution in [3.63, 3.8) is 0 Å². The fraction of sp³-hybridized carbons (Fsp3) is 0.172. The van der Waals surface area contributed by atoms with E-state index in [1.807, 2.05) is 85.7 Å². The topological polar surface area (TPSA) is 68.3 Å². The van der Waals surface area contributed by atoms with Crippen LogP contribution in [0.2, 0.25) is 0 Å². The van der Waals surface area contributed by atoms with Crippen LogP contribution < -0.4 is 14.5 Å². The lowest BCUT2D eigenvalue weighted by Crippen LogP contribution is -2.33. The summed E-state index contributed by atoms with van der Waals surface area (Å²) in [5, 5.41) is 1.74. The second kappa shape index (κ2) is 7.75. The molecule has 2 heterocycles. The second-order valence-electron chi connectivity index (χ2n) is 9.17. The Morgan fingerprint density at radius 2 is 1.64 bits per heavy atom. The molecule has 1 amide bonds. The lowest BCUT2D eigenvalue weighted by molar-refractivity contribution is 0.0229. The maximum Gasteiger partial charge on any atom is 0.413 e. The molecule has 0 aliphatic carbocycles. The number of benzene rings is 4. The molecular formula is C29H24N2O5. The van der Waals surface area contributed by atoms with Crippen LogP contribution in [0.15, 0.2) is 72.8 Å². The predicted molar refractivity (Wildman–Crippen MR) is 137 cm³/mol. The molecule has 7 nitrogen and oxygen atoms in total. The highest BCUT2D eigenvalue weighted by Crippen LogP contribution is 2.58. The molecule has 0 saturated heterocycles. The zero-order valence-electron chi connectivity index (χ0n) is 20.4. The fourth-order valence-electron chi connectivity index (χ4n) is 5.22. The number of amides is 1. The van der Waals surface area contributed by atoms with E-state index in [2.05, 4.69) is 0 Å². The second-order valence-corrected chi connectivity index (χ2v) is 9.17. The van der Waals surface area contributed by atoms with Crippen LogP contribution in [0, 0.1) is 0 Å². The molecule has 0 saturated carbocycles. The molecular weight excluding hydrogens is 456 g/mol. The number of anilines is 2. The first-order valence-corrected chi connectivity index (χ1v) is 11.6. The molecule has 7 heteroatoms. The Hall–Kier alpha value is -4.52. The Bertz CT molecular complexity index is 1580. The van der Waals surface area contributed by atoms with Crippen LogP contribution in [0.25, 0.3) is 10.8 Å². The molecule has 2 aliphatic rings. The van der Waals surface area contributed by atoms with Crippen LogP contribution in [-0.2, 0) is 15.1 Å². The third-order valence-corrected chi connectivity index (χ3v) is 7.01. The van der Waals surface area contributed by atoms with E-state index in [0.29, 0.717) is 22.7 Å². The summed E-state index contributed by atoms with van der Waals surface area (Å²) in [7, 11) is 6.94. The number of carbonyl (C=O) groups excluding carboxylic acids is 2. The van der Waals surface area contributed by atoms with Gasteiger partial charge in [-0.3, -0.25) is 4.90 Å². The van der Waals surface area contributed by atoms with Crippen molar-refractivity contribution in [2.75, 3.05) is 38.1 Å². The van der Waals surface area contributed by atoms with Crippen molar-refractivity contribution >= 4 is 34.2 Å². The number of rotatable bonds is 2. The predicted octanol–water partition coefficient (Wildman–Crippen LogP) is 5.68. The number of methoxy groups -OCH3 is 1. The van der Waals surface area contributed by atoms with Gasteiger partial charge in [0.15, 0.2) is 5.60 Å². The van der Waals surface area contributed by atoms with E-state index >= 15 is 0 Å². The first-order chi connectivity index (χ1) is 17.3. The van der Waals surface area contributed by atoms with Crippen molar-refractivity contribution in [2.24, 2.45) is 0 Å². The summed E-state index contributed by atoms with van der Waals surface area (Å²) in [6.07, 6.45) is -0.462. The molecule has 180 valence electrons. The fourth-order valence-corrected chi connectivity index (χ4v) is 5.22. The highest BCUT2D eigenvalue weighted by molar-refractivity contribution is 6.01. The number of hydrogen-bond donors (Lipinski definition) is 0. The Labute approximate surface area is 208 Å². The number of ether oxygens (including phenoxy) is 3. The number of esters is 1. The van der Waals surface area contributed by atoms with Gasteiger partial charge in [-0.1, -0.05) is 30.3 Å². The van der Waals surface area contributed by atoms with E-state index in [4.69, 9.17) is 14.2 Å². The van der Waals surface area contributed by atoms with Crippen LogP contribution in [-0.4, -0.2) is 40.3 Å². The van der Waals surface area contributed by atoms with E-state index in [9.17, 15) is 9.59 Å². The van der Waals surface area contributed by atoms with E-state index in [0.717, 1.165) is 33.2 Å². The van der Waals surface area contributed by atoms with Gasteiger partial charge in [0.05, 0.1) is 18.2 Å². The minimum absolute atomic E-state index is 0.375. The van der Waals surface area contributed by atoms with Gasteiger partial charge in [0.2, 0.25) is 0 Å². The number of hydrogen-bond acceptors (Lipinski definition) is 6. The van der Waals surface area contributed by atoms with Crippen LogP contribution in [0.5, 0.6) is 11.5 Å². The average Bonchev–Trinajstić information content (AvgIpc) is 3.19. The van der Waals surface area contributed by atoms with Gasteiger partial charge in [-0.05, 0) is 47.2 Å². The molecule has 0 radical (unpaired) electrons. The molecule has 4 aromatic carbocycles. The SMILES string of the molecule is COC(=O)N(C)c1ccc2c3c(ccc2c1)Oc1cc(N(C)C)ccc1C31OC(=O)c2ccccc21. The van der Waals surface area contributed by atoms with Gasteiger partial charge in [-0.15, -0.1) is 0 Å². The van der Waals surface area contributed by atoms with Crippen molar-refractivity contribution in [1.29, 1.82) is 0 Å². The van der Waals surface area contributed by atoms with Crippen molar-refractivity contribution in [3.05, 3.63) is 95.1 Å². The van der Waals surface area contributed by atoms with Crippen LogP contribution >= 0.6 is 0 Å². The lowest BCUT2D eigenvalue weighted by atomic mass is 9.76. The molecule has 6 rings (SSSR count). The van der Waals surface area contributed by atoms with Crippen LogP contribution in [0.3, 0.4) is 0 Å². The highest BCUT2D eigenvalue weighted by atomic mass is 16.6. The van der Waals surface area contributed by atoms with E-state index in [1.54, 1.807) is 13.1 Å². The van der Waals surface area contributed by atoms with Crippen molar-refractivity contribution < 1.29 is 23.8 Å². The van der Waals surface area contributed by atoms with Crippen LogP contribution in [0.4, 0.5) is 16.2 Å². The van der Waals surface area contributed by atoms with Crippen molar-refractivity contribution in [3.8, 4) is 11.5 Å². The molecule has 0 aromatic heterocycles. The third-order valence-electron chi connectivity index (χ3n) is 7.01. The first-order valence-electron chi connectivity index (χ1n) is 11.6. The van der Waals surface area contributed by atoms with Gasteiger partial charge in [-0.25, -0.2) is 9.59 Å². The molecule has 1 atom stereocenters. The Morgan fingerprint density at radius 3 is 2.42 bits per heavy atom. The smallest absolute Gasteiger partial charge is 0.413 e. The summed E-state index contributed by atoms with van der Waals surface area (Å²) < 4.78 is 17.6. The largest absolute Gasteiger partial charge is 0.456 e. The highest BCUT2D eigenvalue weighted by Gasteiger charge is 2.54. The normalized spacial score (nSPS) is 17.1. The zero-order chi connectivity index (χ0) is 25.2. The molecule has 0 fully saturated rings. The summed E-state index contributed by atoms with van der Waals surface area (Å²) in [5.41, 5.74) is 3.32. The monoisotopic (exact) mass is 480 g/mol. The summed E-state index contributed by atoms with van der Waals surface area (Å²) >= 11 is 0. The van der Waals surface area contributed by atoms with Gasteiger partial charge >= 0.3 is 12.1 Å². The average molecular weight is 481 g/mol. The molecule has 2 aliphatic heterocycles. The minimum Gasteiger partial charge on any atom is -0.456 e. The van der Waals surface area contributed by atoms with Crippen molar-refractivity contribution in [1.82, 2.24) is 0 Å². The zero-order valence-corrected chi connectivity index (χ0v) is 20.4. The van der Waals surface area contributed by atoms with E-state index in [1.165, 1.54) is 12.0 Å². The first kappa shape index (κ1) is 22.0. The van der Waals surface area contributed by atoms with E-state index < -0.39 is 11.7 Å². The summed E-state index contributed by atoms with van der Waals surface area (Å²) in [6.45, 7) is 0. The number of carbonyl (C=O) groups is 2. The molecule has 1 unspecified atom stereocenters. The summed E-state index contributed by atoms with van der Waals surface area (Å²) in [6, 6.07) is 23.0. The maximum atomic E-state index is 13.2. The summed E-state index contributed by atoms with van der Waals surface area (Å²) in [4.78, 5) is 28.7. The Morgan fingerprint density at radius 1 is 0.861 bits per heavy atom. The number of nitrogens with zero attached hydrogens (tertiary/aromatic N) is 2. The van der Waals surface area contributed by atoms with E-state index in [-0.39, 0.29) is 5.97 Å². The van der Waals surface area contributed by atoms with Gasteiger partial charge < -0.3 is 19.1 Å². The maximum absolute atomic E-state index is 13.2. The van der Waals surface area contributed by atoms with Gasteiger partial charge in [0.25, 0.3) is 0 Å². The molecule has 1 spiro atoms. The Balaban J connectivity index is 1.66. The van der Waals surface area contributed by atoms with Gasteiger partial charge in [0, 0.05) is 49.7 Å². The van der Waals surface area contributed by atoms with Crippen LogP contribution in [0.1, 0.15) is 27.0 Å². The minimum atomic E-state index is -1.17. The standard InChI is InChI=1S/C29H24N2O5/c1-30(2)18-11-13-23-25(16-18)35-24-14-9-17-15-19(31(3)28(33)34-4)10-12-20(17)26(24)29(23)22-8-6-5-7-21(22)27(32)36-29/h5-16H,1-4H3. The lowest BCUT2D eigenvalue weighted by Gasteiger charge is -2.38. The van der Waals surface area contributed by atoms with Crippen molar-refractivity contribution in [2.45, 2.75) is 5.60 Å². The number of fused-ring (bicyclic) bond motifs is 8. The van der Waals surface area contributed by atoms with Gasteiger partial charge in [0.1, 0.15) is 11.5 Å². The molecule has 4 aromatic rings. The Kier molecular flexibility index (Phi) is 4.73. The molecule has 36 heavy (non-hydrogen) atoms.